The van der Waals surface area contributed by atoms with Crippen LogP contribution >= 0.6 is 0 Å². The Balaban J connectivity index is 2.22. The van der Waals surface area contributed by atoms with Crippen molar-refractivity contribution in [2.75, 3.05) is 13.2 Å². The third kappa shape index (κ3) is 39.2. The van der Waals surface area contributed by atoms with Gasteiger partial charge in [-0.3, -0.25) is 4.79 Å². The van der Waals surface area contributed by atoms with Gasteiger partial charge in [0, 0.05) is 6.42 Å². The van der Waals surface area contributed by atoms with Gasteiger partial charge < -0.3 is 40.3 Å². The topological polar surface area (TPSA) is 149 Å². The average molecular weight is 985 g/mol. The zero-order valence-electron chi connectivity index (χ0n) is 45.0. The lowest BCUT2D eigenvalue weighted by molar-refractivity contribution is -0.302. The molecule has 1 amide bonds. The minimum absolute atomic E-state index is 0.144. The molecule has 1 heterocycles. The molecule has 0 aromatic rings. The summed E-state index contributed by atoms with van der Waals surface area (Å²) in [6.07, 6.45) is 62.0. The van der Waals surface area contributed by atoms with Crippen molar-refractivity contribution in [1.29, 1.82) is 0 Å². The molecule has 0 bridgehead atoms. The van der Waals surface area contributed by atoms with Gasteiger partial charge in [0.1, 0.15) is 24.4 Å². The average Bonchev–Trinajstić information content (AvgIpc) is 3.36. The lowest BCUT2D eigenvalue weighted by atomic mass is 9.99. The van der Waals surface area contributed by atoms with Gasteiger partial charge in [0.05, 0.1) is 25.4 Å². The lowest BCUT2D eigenvalue weighted by Crippen LogP contribution is -2.60. The number of unbranched alkanes of at least 4 members (excludes halogenated alkanes) is 27. The first kappa shape index (κ1) is 65.6. The van der Waals surface area contributed by atoms with Crippen LogP contribution in [-0.4, -0.2) is 87.5 Å². The number of carbonyl (C=O) groups excluding carboxylic acids is 1. The van der Waals surface area contributed by atoms with Gasteiger partial charge in [-0.25, -0.2) is 0 Å². The monoisotopic (exact) mass is 984 g/mol. The van der Waals surface area contributed by atoms with Crippen molar-refractivity contribution < 1.29 is 39.8 Å². The summed E-state index contributed by atoms with van der Waals surface area (Å²) >= 11 is 0. The van der Waals surface area contributed by atoms with E-state index in [-0.39, 0.29) is 12.5 Å². The summed E-state index contributed by atoms with van der Waals surface area (Å²) < 4.78 is 11.3. The Morgan fingerprint density at radius 1 is 0.500 bits per heavy atom. The summed E-state index contributed by atoms with van der Waals surface area (Å²) in [7, 11) is 0. The number of hydrogen-bond donors (Lipinski definition) is 6. The maximum atomic E-state index is 13.1. The second kappa shape index (κ2) is 50.2. The number of aliphatic hydroxyl groups excluding tert-OH is 5. The molecule has 6 N–H and O–H groups in total. The molecule has 7 unspecified atom stereocenters. The molecule has 0 aromatic carbocycles. The van der Waals surface area contributed by atoms with Crippen LogP contribution in [0.5, 0.6) is 0 Å². The maximum Gasteiger partial charge on any atom is 0.220 e. The van der Waals surface area contributed by atoms with Crippen molar-refractivity contribution in [3.63, 3.8) is 0 Å². The molecule has 0 saturated carbocycles. The van der Waals surface area contributed by atoms with E-state index in [9.17, 15) is 30.3 Å². The van der Waals surface area contributed by atoms with E-state index in [0.717, 1.165) is 89.9 Å². The Kier molecular flexibility index (Phi) is 47.1. The van der Waals surface area contributed by atoms with Crippen LogP contribution in [0.4, 0.5) is 0 Å². The summed E-state index contributed by atoms with van der Waals surface area (Å²) in [5.74, 6) is -0.153. The smallest absolute Gasteiger partial charge is 0.220 e. The number of rotatable bonds is 49. The van der Waals surface area contributed by atoms with Gasteiger partial charge in [-0.2, -0.15) is 0 Å². The summed E-state index contributed by atoms with van der Waals surface area (Å²) in [5.41, 5.74) is 0. The minimum atomic E-state index is -1.56. The molecular formula is C61H109NO8. The van der Waals surface area contributed by atoms with E-state index in [1.807, 2.05) is 0 Å². The van der Waals surface area contributed by atoms with Crippen molar-refractivity contribution in [1.82, 2.24) is 5.32 Å². The summed E-state index contributed by atoms with van der Waals surface area (Å²) in [6.45, 7) is 3.74. The van der Waals surface area contributed by atoms with Crippen LogP contribution in [-0.2, 0) is 14.3 Å². The van der Waals surface area contributed by atoms with Gasteiger partial charge in [0.15, 0.2) is 6.29 Å². The molecule has 1 aliphatic rings. The van der Waals surface area contributed by atoms with Crippen LogP contribution in [0.15, 0.2) is 72.9 Å². The molecule has 406 valence electrons. The Hall–Kier alpha value is -2.37. The standard InChI is InChI=1S/C61H109NO8/c1-3-5-7-9-11-13-15-17-19-21-23-25-26-27-28-29-30-31-33-35-37-39-41-43-45-47-49-51-57(65)62-54(53-69-61-60(68)59(67)58(66)56(52-63)70-61)55(64)50-48-46-44-42-40-38-36-34-32-24-22-20-18-16-14-12-10-8-6-4-2/h5,7,11,13,17,19,23,25,27-28,30-31,54-56,58-61,63-64,66-68H,3-4,6,8-10,12,14-16,18,20-22,24,26,29,32-53H2,1-2H3,(H,62,65)/b7-5-,13-11-,19-17-,25-23-,28-27-,31-30-. The summed E-state index contributed by atoms with van der Waals surface area (Å²) in [4.78, 5) is 13.1. The van der Waals surface area contributed by atoms with E-state index in [1.54, 1.807) is 0 Å². The largest absolute Gasteiger partial charge is 0.394 e. The summed E-state index contributed by atoms with van der Waals surface area (Å²) in [6, 6.07) is -0.729. The normalized spacial score (nSPS) is 19.9. The van der Waals surface area contributed by atoms with Gasteiger partial charge in [0.2, 0.25) is 5.91 Å². The number of amides is 1. The van der Waals surface area contributed by atoms with Crippen LogP contribution in [0.1, 0.15) is 251 Å². The molecule has 9 heteroatoms. The fourth-order valence-corrected chi connectivity index (χ4v) is 8.99. The van der Waals surface area contributed by atoms with Crippen LogP contribution in [0.2, 0.25) is 0 Å². The van der Waals surface area contributed by atoms with Gasteiger partial charge in [-0.1, -0.05) is 254 Å². The number of allylic oxidation sites excluding steroid dienone is 12. The van der Waals surface area contributed by atoms with Gasteiger partial charge >= 0.3 is 0 Å². The van der Waals surface area contributed by atoms with Crippen LogP contribution in [0.25, 0.3) is 0 Å². The van der Waals surface area contributed by atoms with Crippen molar-refractivity contribution in [3.8, 4) is 0 Å². The zero-order chi connectivity index (χ0) is 50.8. The van der Waals surface area contributed by atoms with E-state index in [2.05, 4.69) is 92.1 Å². The number of ether oxygens (including phenoxy) is 2. The van der Waals surface area contributed by atoms with E-state index in [4.69, 9.17) is 9.47 Å². The molecule has 0 radical (unpaired) electrons. The molecule has 1 aliphatic heterocycles. The molecule has 1 fully saturated rings. The van der Waals surface area contributed by atoms with E-state index in [0.29, 0.717) is 12.8 Å². The fourth-order valence-electron chi connectivity index (χ4n) is 8.99. The molecule has 0 spiro atoms. The lowest BCUT2D eigenvalue weighted by Gasteiger charge is -2.40. The second-order valence-corrected chi connectivity index (χ2v) is 20.1. The number of nitrogens with one attached hydrogen (secondary N) is 1. The van der Waals surface area contributed by atoms with Crippen LogP contribution < -0.4 is 5.32 Å². The fraction of sp³-hybridized carbons (Fsp3) is 0.787. The first-order valence-electron chi connectivity index (χ1n) is 29.1. The van der Waals surface area contributed by atoms with Gasteiger partial charge in [-0.05, 0) is 64.2 Å². The van der Waals surface area contributed by atoms with E-state index < -0.39 is 49.5 Å². The first-order valence-corrected chi connectivity index (χ1v) is 29.1. The van der Waals surface area contributed by atoms with Gasteiger partial charge in [-0.15, -0.1) is 0 Å². The maximum absolute atomic E-state index is 13.1. The first-order chi connectivity index (χ1) is 34.3. The van der Waals surface area contributed by atoms with Crippen LogP contribution in [0.3, 0.4) is 0 Å². The third-order valence-electron chi connectivity index (χ3n) is 13.6. The molecule has 0 aromatic heterocycles. The highest BCUT2D eigenvalue weighted by atomic mass is 16.7. The molecular weight excluding hydrogens is 875 g/mol. The van der Waals surface area contributed by atoms with Gasteiger partial charge in [0.25, 0.3) is 0 Å². The molecule has 70 heavy (non-hydrogen) atoms. The van der Waals surface area contributed by atoms with Crippen molar-refractivity contribution in [2.45, 2.75) is 294 Å². The quantitative estimate of drug-likeness (QED) is 0.0261. The van der Waals surface area contributed by atoms with Crippen molar-refractivity contribution >= 4 is 5.91 Å². The predicted octanol–water partition coefficient (Wildman–Crippen LogP) is 14.5. The Morgan fingerprint density at radius 3 is 1.31 bits per heavy atom. The van der Waals surface area contributed by atoms with Crippen LogP contribution in [0, 0.1) is 0 Å². The number of carbonyl (C=O) groups is 1. The van der Waals surface area contributed by atoms with Crippen molar-refractivity contribution in [2.24, 2.45) is 0 Å². The third-order valence-corrected chi connectivity index (χ3v) is 13.6. The van der Waals surface area contributed by atoms with Crippen molar-refractivity contribution in [3.05, 3.63) is 72.9 Å². The van der Waals surface area contributed by atoms with E-state index >= 15 is 0 Å². The minimum Gasteiger partial charge on any atom is -0.394 e. The Labute approximate surface area is 429 Å². The highest BCUT2D eigenvalue weighted by Crippen LogP contribution is 2.23. The van der Waals surface area contributed by atoms with E-state index in [1.165, 1.54) is 135 Å². The zero-order valence-corrected chi connectivity index (χ0v) is 45.0. The number of hydrogen-bond acceptors (Lipinski definition) is 8. The number of aliphatic hydroxyl groups is 5. The second-order valence-electron chi connectivity index (χ2n) is 20.1. The SMILES string of the molecule is CC/C=C\C/C=C\C/C=C\C/C=C\C/C=C\C/C=C\CCCCCCCCCCC(=O)NC(COC1OC(CO)C(O)C(O)C1O)C(O)CCCCCCCCCCCCCCCCCCCCCC. The highest BCUT2D eigenvalue weighted by Gasteiger charge is 2.44. The highest BCUT2D eigenvalue weighted by molar-refractivity contribution is 5.76. The molecule has 1 rings (SSSR count). The summed E-state index contributed by atoms with van der Waals surface area (Å²) in [5, 5.41) is 54.7. The Bertz CT molecular complexity index is 1330. The molecule has 7 atom stereocenters. The molecule has 1 saturated heterocycles. The molecule has 0 aliphatic carbocycles. The molecule has 9 nitrogen and oxygen atoms in total. The predicted molar refractivity (Wildman–Crippen MR) is 295 cm³/mol. The Morgan fingerprint density at radius 2 is 0.886 bits per heavy atom.